The van der Waals surface area contributed by atoms with Gasteiger partial charge in [-0.3, -0.25) is 4.79 Å². The average molecular weight is 112 g/mol. The predicted octanol–water partition coefficient (Wildman–Crippen LogP) is -0.0129. The van der Waals surface area contributed by atoms with E-state index in [1.54, 1.807) is 0 Å². The summed E-state index contributed by atoms with van der Waals surface area (Å²) in [4.78, 5) is 19.4. The number of allylic oxidation sites excluding steroid dienone is 1. The van der Waals surface area contributed by atoms with Crippen LogP contribution in [0.2, 0.25) is 0 Å². The zero-order chi connectivity index (χ0) is 6.41. The van der Waals surface area contributed by atoms with Crippen molar-refractivity contribution in [2.24, 2.45) is 0 Å². The largest absolute Gasteiger partial charge is 0.459 e. The van der Waals surface area contributed by atoms with Crippen LogP contribution in [0.3, 0.4) is 0 Å². The van der Waals surface area contributed by atoms with Gasteiger partial charge in [0, 0.05) is 6.08 Å². The van der Waals surface area contributed by atoms with Gasteiger partial charge in [0.2, 0.25) is 6.29 Å². The molecule has 0 aliphatic heterocycles. The molecule has 0 saturated heterocycles. The third-order valence-corrected chi connectivity index (χ3v) is 0.430. The molecular weight excluding hydrogens is 108 g/mol. The molecule has 0 rings (SSSR count). The third kappa shape index (κ3) is 3.08. The van der Waals surface area contributed by atoms with Gasteiger partial charge in [0.15, 0.2) is 0 Å². The first-order chi connectivity index (χ1) is 3.81. The fourth-order valence-corrected chi connectivity index (χ4v) is 0.150. The highest BCUT2D eigenvalue weighted by Crippen LogP contribution is 1.74. The van der Waals surface area contributed by atoms with Crippen molar-refractivity contribution in [2.45, 2.75) is 0 Å². The predicted molar refractivity (Wildman–Crippen MR) is 26.3 cm³/mol. The molecule has 8 heavy (non-hydrogen) atoms. The van der Waals surface area contributed by atoms with Gasteiger partial charge in [0.1, 0.15) is 7.11 Å². The quantitative estimate of drug-likeness (QED) is 0.372. The molecule has 3 heteroatoms. The molecule has 3 nitrogen and oxygen atoms in total. The minimum atomic E-state index is -0.659. The van der Waals surface area contributed by atoms with Crippen LogP contribution < -0.4 is 0 Å². The summed E-state index contributed by atoms with van der Waals surface area (Å²) in [6, 6.07) is 0. The Morgan fingerprint density at radius 3 is 2.75 bits per heavy atom. The highest BCUT2D eigenvalue weighted by molar-refractivity contribution is 5.86. The van der Waals surface area contributed by atoms with Crippen LogP contribution in [-0.4, -0.2) is 12.3 Å². The van der Waals surface area contributed by atoms with E-state index < -0.39 is 5.97 Å². The number of rotatable bonds is 2. The van der Waals surface area contributed by atoms with E-state index in [2.05, 4.69) is 11.8 Å². The molecule has 0 heterocycles. The highest BCUT2D eigenvalue weighted by Gasteiger charge is 1.86. The van der Waals surface area contributed by atoms with Crippen molar-refractivity contribution in [2.75, 3.05) is 0 Å². The smallest absolute Gasteiger partial charge is 0.331 e. The number of ether oxygens (including phenoxy) is 1. The van der Waals surface area contributed by atoms with Gasteiger partial charge in [-0.05, 0) is 6.08 Å². The Balaban J connectivity index is 3.52. The van der Waals surface area contributed by atoms with Gasteiger partial charge in [-0.15, -0.1) is 0 Å². The topological polar surface area (TPSA) is 43.4 Å². The van der Waals surface area contributed by atoms with E-state index in [0.29, 0.717) is 0 Å². The number of carbonyl (C=O) groups excluding carboxylic acids is 2. The molecule has 0 fully saturated rings. The van der Waals surface area contributed by atoms with E-state index in [4.69, 9.17) is 0 Å². The van der Waals surface area contributed by atoms with E-state index in [0.717, 1.165) is 12.2 Å². The molecule has 0 N–H and O–H groups in total. The first-order valence-corrected chi connectivity index (χ1v) is 1.81. The van der Waals surface area contributed by atoms with Crippen molar-refractivity contribution in [3.63, 3.8) is 0 Å². The Kier molecular flexibility index (Phi) is 3.48. The molecule has 0 aromatic heterocycles. The second kappa shape index (κ2) is 4.05. The van der Waals surface area contributed by atoms with Crippen molar-refractivity contribution >= 4 is 12.3 Å². The molecular formula is C5H4O3. The maximum absolute atomic E-state index is 10.0. The molecule has 0 aliphatic rings. The van der Waals surface area contributed by atoms with E-state index in [1.165, 1.54) is 6.29 Å². The molecule has 0 bridgehead atoms. The van der Waals surface area contributed by atoms with E-state index in [9.17, 15) is 9.59 Å². The van der Waals surface area contributed by atoms with E-state index >= 15 is 0 Å². The molecule has 2 radical (unpaired) electrons. The van der Waals surface area contributed by atoms with Crippen LogP contribution >= 0.6 is 0 Å². The van der Waals surface area contributed by atoms with Crippen LogP contribution in [0.1, 0.15) is 0 Å². The Morgan fingerprint density at radius 1 is 1.75 bits per heavy atom. The average Bonchev–Trinajstić information content (AvgIpc) is 1.83. The van der Waals surface area contributed by atoms with Gasteiger partial charge >= 0.3 is 5.97 Å². The summed E-state index contributed by atoms with van der Waals surface area (Å²) in [6.45, 7) is 0. The number of esters is 1. The van der Waals surface area contributed by atoms with Gasteiger partial charge in [0.25, 0.3) is 0 Å². The molecule has 0 saturated carbocycles. The molecule has 0 aromatic carbocycles. The fraction of sp³-hybridized carbons (Fsp3) is 0. The second-order valence-corrected chi connectivity index (χ2v) is 0.915. The summed E-state index contributed by atoms with van der Waals surface area (Å²) in [6.07, 6.45) is 3.21. The Labute approximate surface area is 46.9 Å². The zero-order valence-corrected chi connectivity index (χ0v) is 4.09. The lowest BCUT2D eigenvalue weighted by Crippen LogP contribution is -1.91. The molecule has 0 aromatic rings. The highest BCUT2D eigenvalue weighted by atomic mass is 16.5. The molecule has 0 unspecified atom stereocenters. The Morgan fingerprint density at radius 2 is 2.38 bits per heavy atom. The van der Waals surface area contributed by atoms with Crippen LogP contribution in [0.5, 0.6) is 0 Å². The zero-order valence-electron chi connectivity index (χ0n) is 4.09. The Hall–Kier alpha value is -1.12. The number of hydrogen-bond donors (Lipinski definition) is 0. The molecule has 0 spiro atoms. The van der Waals surface area contributed by atoms with Crippen molar-refractivity contribution in [3.8, 4) is 0 Å². The Bertz CT molecular complexity index is 115. The first kappa shape index (κ1) is 6.88. The molecule has 0 atom stereocenters. The van der Waals surface area contributed by atoms with Crippen molar-refractivity contribution < 1.29 is 14.3 Å². The van der Waals surface area contributed by atoms with Crippen LogP contribution in [0.25, 0.3) is 0 Å². The van der Waals surface area contributed by atoms with Crippen molar-refractivity contribution in [1.29, 1.82) is 0 Å². The second-order valence-electron chi connectivity index (χ2n) is 0.915. The molecule has 0 amide bonds. The number of hydrogen-bond acceptors (Lipinski definition) is 3. The minimum Gasteiger partial charge on any atom is -0.459 e. The van der Waals surface area contributed by atoms with Crippen LogP contribution in [0.4, 0.5) is 0 Å². The standard InChI is InChI=1S/C5H4O3/c1-8-5(7)3-2-4-6/h2-3H,1H2/b3-2-. The van der Waals surface area contributed by atoms with Gasteiger partial charge in [-0.25, -0.2) is 4.79 Å². The van der Waals surface area contributed by atoms with Crippen molar-refractivity contribution in [3.05, 3.63) is 19.3 Å². The molecule has 0 aliphatic carbocycles. The summed E-state index contributed by atoms with van der Waals surface area (Å²) in [5.74, 6) is -0.659. The van der Waals surface area contributed by atoms with Crippen molar-refractivity contribution in [1.82, 2.24) is 0 Å². The van der Waals surface area contributed by atoms with Crippen LogP contribution in [0.15, 0.2) is 12.2 Å². The summed E-state index contributed by atoms with van der Waals surface area (Å²) in [7, 11) is 2.81. The molecule has 42 valence electrons. The summed E-state index contributed by atoms with van der Waals surface area (Å²) < 4.78 is 3.90. The van der Waals surface area contributed by atoms with Gasteiger partial charge < -0.3 is 4.74 Å². The summed E-state index contributed by atoms with van der Waals surface area (Å²) >= 11 is 0. The minimum absolute atomic E-state index is 0.659. The lowest BCUT2D eigenvalue weighted by molar-refractivity contribution is -0.132. The number of carbonyl (C=O) groups is 1. The normalized spacial score (nSPS) is 9.12. The lowest BCUT2D eigenvalue weighted by Gasteiger charge is -1.83. The summed E-state index contributed by atoms with van der Waals surface area (Å²) in [5, 5.41) is 0. The third-order valence-electron chi connectivity index (χ3n) is 0.430. The van der Waals surface area contributed by atoms with Crippen LogP contribution in [-0.2, 0) is 14.3 Å². The SMILES string of the molecule is [CH2]OC(=O)/C=C\[C]=O. The van der Waals surface area contributed by atoms with E-state index in [-0.39, 0.29) is 0 Å². The lowest BCUT2D eigenvalue weighted by atomic mass is 10.5. The van der Waals surface area contributed by atoms with Crippen LogP contribution in [0, 0.1) is 7.11 Å². The van der Waals surface area contributed by atoms with E-state index in [1.807, 2.05) is 0 Å². The van der Waals surface area contributed by atoms with Gasteiger partial charge in [-0.2, -0.15) is 0 Å². The van der Waals surface area contributed by atoms with Gasteiger partial charge in [-0.1, -0.05) is 0 Å². The first-order valence-electron chi connectivity index (χ1n) is 1.81. The summed E-state index contributed by atoms with van der Waals surface area (Å²) in [5.41, 5.74) is 0. The maximum Gasteiger partial charge on any atom is 0.331 e. The fourth-order valence-electron chi connectivity index (χ4n) is 0.150. The van der Waals surface area contributed by atoms with Gasteiger partial charge in [0.05, 0.1) is 0 Å². The monoisotopic (exact) mass is 112 g/mol. The maximum atomic E-state index is 10.0.